The maximum atomic E-state index is 5.63. The molecule has 2 aromatic carbocycles. The lowest BCUT2D eigenvalue weighted by molar-refractivity contribution is 0.364. The fraction of sp³-hybridized carbons (Fsp3) is 0.176. The van der Waals surface area contributed by atoms with Gasteiger partial charge in [-0.1, -0.05) is 21.9 Å². The fourth-order valence-electron chi connectivity index (χ4n) is 1.93. The molecule has 0 unspecified atom stereocenters. The summed E-state index contributed by atoms with van der Waals surface area (Å²) in [5.41, 5.74) is 2.01. The molecule has 1 N–H and O–H groups in total. The molecule has 0 heterocycles. The molecule has 3 nitrogen and oxygen atoms in total. The van der Waals surface area contributed by atoms with Crippen LogP contribution in [0.1, 0.15) is 5.56 Å². The predicted molar refractivity (Wildman–Crippen MR) is 96.5 cm³/mol. The molecule has 0 aliphatic carbocycles. The summed E-state index contributed by atoms with van der Waals surface area (Å²) < 4.78 is 12.6. The molecule has 0 bridgehead atoms. The van der Waals surface area contributed by atoms with E-state index < -0.39 is 0 Å². The maximum Gasteiger partial charge on any atom is 0.148 e. The molecular weight excluding hydrogens is 410 g/mol. The molecule has 0 saturated heterocycles. The molecule has 0 atom stereocenters. The number of hydrogen-bond acceptors (Lipinski definition) is 3. The van der Waals surface area contributed by atoms with Crippen LogP contribution in [0, 0.1) is 12.3 Å². The minimum absolute atomic E-state index is 0.232. The van der Waals surface area contributed by atoms with Crippen LogP contribution in [0.25, 0.3) is 0 Å². The van der Waals surface area contributed by atoms with Crippen LogP contribution in [0.3, 0.4) is 0 Å². The van der Waals surface area contributed by atoms with Crippen molar-refractivity contribution < 1.29 is 9.47 Å². The van der Waals surface area contributed by atoms with Gasteiger partial charge in [-0.25, -0.2) is 0 Å². The Hall–Kier alpha value is -1.64. The van der Waals surface area contributed by atoms with E-state index in [9.17, 15) is 0 Å². The van der Waals surface area contributed by atoms with E-state index in [0.29, 0.717) is 6.54 Å². The number of methoxy groups -OCH3 is 1. The molecule has 114 valence electrons. The highest BCUT2D eigenvalue weighted by Crippen LogP contribution is 2.33. The van der Waals surface area contributed by atoms with Crippen LogP contribution in [0.2, 0.25) is 0 Å². The SMILES string of the molecule is C#CCOc1c(Br)cc(Br)cc1CNc1ccc(OC)cc1. The molecule has 0 aliphatic rings. The summed E-state index contributed by atoms with van der Waals surface area (Å²) in [5, 5.41) is 3.35. The van der Waals surface area contributed by atoms with Gasteiger partial charge in [-0.15, -0.1) is 6.42 Å². The van der Waals surface area contributed by atoms with Gasteiger partial charge in [0.1, 0.15) is 18.1 Å². The number of halogens is 2. The summed E-state index contributed by atoms with van der Waals surface area (Å²) in [7, 11) is 1.65. The van der Waals surface area contributed by atoms with Crippen LogP contribution in [0.4, 0.5) is 5.69 Å². The van der Waals surface area contributed by atoms with Crippen molar-refractivity contribution in [1.29, 1.82) is 0 Å². The predicted octanol–water partition coefficient (Wildman–Crippen LogP) is 4.84. The molecule has 0 spiro atoms. The van der Waals surface area contributed by atoms with Gasteiger partial charge in [0.05, 0.1) is 11.6 Å². The van der Waals surface area contributed by atoms with Crippen molar-refractivity contribution in [3.8, 4) is 23.8 Å². The van der Waals surface area contributed by atoms with E-state index in [-0.39, 0.29) is 6.61 Å². The standard InChI is InChI=1S/C17H15Br2NO2/c1-3-8-22-17-12(9-13(18)10-16(17)19)11-20-14-4-6-15(21-2)7-5-14/h1,4-7,9-10,20H,8,11H2,2H3. The van der Waals surface area contributed by atoms with Crippen LogP contribution in [-0.4, -0.2) is 13.7 Å². The minimum Gasteiger partial charge on any atom is -0.497 e. The lowest BCUT2D eigenvalue weighted by atomic mass is 10.2. The molecule has 0 aliphatic heterocycles. The smallest absolute Gasteiger partial charge is 0.148 e. The number of ether oxygens (including phenoxy) is 2. The second-order valence-corrected chi connectivity index (χ2v) is 6.22. The van der Waals surface area contributed by atoms with Crippen molar-refractivity contribution in [2.24, 2.45) is 0 Å². The highest BCUT2D eigenvalue weighted by atomic mass is 79.9. The van der Waals surface area contributed by atoms with E-state index in [0.717, 1.165) is 31.7 Å². The molecule has 0 amide bonds. The first-order valence-electron chi connectivity index (χ1n) is 6.56. The van der Waals surface area contributed by atoms with Gasteiger partial charge in [-0.2, -0.15) is 0 Å². The first-order chi connectivity index (χ1) is 10.6. The maximum absolute atomic E-state index is 5.63. The van der Waals surface area contributed by atoms with Crippen LogP contribution >= 0.6 is 31.9 Å². The van der Waals surface area contributed by atoms with E-state index in [4.69, 9.17) is 15.9 Å². The zero-order chi connectivity index (χ0) is 15.9. The second kappa shape index (κ2) is 8.11. The van der Waals surface area contributed by atoms with E-state index in [1.165, 1.54) is 0 Å². The topological polar surface area (TPSA) is 30.5 Å². The van der Waals surface area contributed by atoms with Crippen LogP contribution in [0.15, 0.2) is 45.3 Å². The molecule has 0 aromatic heterocycles. The average Bonchev–Trinajstić information content (AvgIpc) is 2.52. The van der Waals surface area contributed by atoms with E-state index in [1.54, 1.807) is 7.11 Å². The van der Waals surface area contributed by atoms with Crippen LogP contribution in [0.5, 0.6) is 11.5 Å². The van der Waals surface area contributed by atoms with Crippen molar-refractivity contribution in [2.45, 2.75) is 6.54 Å². The highest BCUT2D eigenvalue weighted by molar-refractivity contribution is 9.11. The lowest BCUT2D eigenvalue weighted by Gasteiger charge is -2.14. The Morgan fingerprint density at radius 2 is 1.91 bits per heavy atom. The third-order valence-corrected chi connectivity index (χ3v) is 4.00. The van der Waals surface area contributed by atoms with Gasteiger partial charge in [-0.05, 0) is 52.3 Å². The summed E-state index contributed by atoms with van der Waals surface area (Å²) in [5.74, 6) is 4.06. The first-order valence-corrected chi connectivity index (χ1v) is 8.14. The Kier molecular flexibility index (Phi) is 6.17. The van der Waals surface area contributed by atoms with Crippen LogP contribution < -0.4 is 14.8 Å². The Morgan fingerprint density at radius 1 is 1.18 bits per heavy atom. The summed E-state index contributed by atoms with van der Waals surface area (Å²) in [6, 6.07) is 11.7. The molecule has 22 heavy (non-hydrogen) atoms. The summed E-state index contributed by atoms with van der Waals surface area (Å²) in [6.45, 7) is 0.847. The fourth-order valence-corrected chi connectivity index (χ4v) is 3.35. The van der Waals surface area contributed by atoms with Crippen molar-refractivity contribution in [2.75, 3.05) is 19.0 Å². The number of anilines is 1. The first kappa shape index (κ1) is 16.7. The van der Waals surface area contributed by atoms with Gasteiger partial charge in [0.25, 0.3) is 0 Å². The van der Waals surface area contributed by atoms with Crippen molar-refractivity contribution >= 4 is 37.5 Å². The Balaban J connectivity index is 2.15. The zero-order valence-corrected chi connectivity index (χ0v) is 15.2. The third kappa shape index (κ3) is 4.43. The average molecular weight is 425 g/mol. The van der Waals surface area contributed by atoms with Crippen molar-refractivity contribution in [1.82, 2.24) is 0 Å². The quantitative estimate of drug-likeness (QED) is 0.672. The zero-order valence-electron chi connectivity index (χ0n) is 12.0. The van der Waals surface area contributed by atoms with E-state index in [1.807, 2.05) is 36.4 Å². The van der Waals surface area contributed by atoms with Gasteiger partial charge in [0.15, 0.2) is 0 Å². The van der Waals surface area contributed by atoms with E-state index in [2.05, 4.69) is 43.1 Å². The van der Waals surface area contributed by atoms with Gasteiger partial charge >= 0.3 is 0 Å². The van der Waals surface area contributed by atoms with Gasteiger partial charge in [-0.3, -0.25) is 0 Å². The summed E-state index contributed by atoms with van der Waals surface area (Å²) >= 11 is 7.00. The largest absolute Gasteiger partial charge is 0.497 e. The van der Waals surface area contributed by atoms with Gasteiger partial charge < -0.3 is 14.8 Å². The molecular formula is C17H15Br2NO2. The number of nitrogens with one attached hydrogen (secondary N) is 1. The molecule has 5 heteroatoms. The number of hydrogen-bond donors (Lipinski definition) is 1. The lowest BCUT2D eigenvalue weighted by Crippen LogP contribution is -2.04. The monoisotopic (exact) mass is 423 g/mol. The van der Waals surface area contributed by atoms with Gasteiger partial charge in [0, 0.05) is 22.3 Å². The Morgan fingerprint density at radius 3 is 2.55 bits per heavy atom. The Labute approximate surface area is 147 Å². The highest BCUT2D eigenvalue weighted by Gasteiger charge is 2.10. The summed E-state index contributed by atoms with van der Waals surface area (Å²) in [4.78, 5) is 0. The van der Waals surface area contributed by atoms with E-state index >= 15 is 0 Å². The number of rotatable bonds is 6. The normalized spacial score (nSPS) is 9.91. The molecule has 0 saturated carbocycles. The van der Waals surface area contributed by atoms with Crippen molar-refractivity contribution in [3.05, 3.63) is 50.9 Å². The van der Waals surface area contributed by atoms with Crippen molar-refractivity contribution in [3.63, 3.8) is 0 Å². The second-order valence-electron chi connectivity index (χ2n) is 4.45. The molecule has 0 radical (unpaired) electrons. The number of benzene rings is 2. The Bertz CT molecular complexity index is 678. The molecule has 2 rings (SSSR count). The summed E-state index contributed by atoms with van der Waals surface area (Å²) in [6.07, 6.45) is 5.27. The molecule has 0 fully saturated rings. The van der Waals surface area contributed by atoms with Gasteiger partial charge in [0.2, 0.25) is 0 Å². The number of terminal acetylenes is 1. The third-order valence-electron chi connectivity index (χ3n) is 2.96. The molecule has 2 aromatic rings. The van der Waals surface area contributed by atoms with Crippen LogP contribution in [-0.2, 0) is 6.54 Å². The minimum atomic E-state index is 0.232.